The Morgan fingerprint density at radius 3 is 2.86 bits per heavy atom. The monoisotopic (exact) mass is 404 g/mol. The molecule has 1 aromatic carbocycles. The first-order valence-electron chi connectivity index (χ1n) is 8.43. The number of ether oxygens (including phenoxy) is 3. The van der Waals surface area contributed by atoms with Crippen molar-refractivity contribution in [3.8, 4) is 5.75 Å². The third-order valence-electron chi connectivity index (χ3n) is 3.71. The van der Waals surface area contributed by atoms with E-state index in [0.29, 0.717) is 17.9 Å². The molecule has 0 amide bonds. The molecule has 2 rings (SSSR count). The summed E-state index contributed by atoms with van der Waals surface area (Å²) in [5, 5.41) is 16.3. The summed E-state index contributed by atoms with van der Waals surface area (Å²) in [5.41, 5.74) is 1.29. The summed E-state index contributed by atoms with van der Waals surface area (Å²) in [5.74, 6) is -1.65. The molecule has 0 spiro atoms. The van der Waals surface area contributed by atoms with Gasteiger partial charge in [-0.05, 0) is 30.2 Å². The number of benzene rings is 1. The van der Waals surface area contributed by atoms with E-state index in [1.807, 2.05) is 13.0 Å². The van der Waals surface area contributed by atoms with Gasteiger partial charge in [-0.15, -0.1) is 18.3 Å². The van der Waals surface area contributed by atoms with E-state index < -0.39 is 24.0 Å². The lowest BCUT2D eigenvalue weighted by Crippen LogP contribution is -2.25. The van der Waals surface area contributed by atoms with Crippen molar-refractivity contribution in [2.45, 2.75) is 32.2 Å². The Kier molecular flexibility index (Phi) is 7.94. The smallest absolute Gasteiger partial charge is 0.471 e. The molecule has 0 aliphatic carbocycles. The largest absolute Gasteiger partial charge is 0.573 e. The number of hydrogen-bond acceptors (Lipinski definition) is 6. The molecule has 1 heterocycles. The number of rotatable bonds is 8. The summed E-state index contributed by atoms with van der Waals surface area (Å²) in [4.78, 5) is 0. The van der Waals surface area contributed by atoms with Crippen LogP contribution in [-0.2, 0) is 15.9 Å². The van der Waals surface area contributed by atoms with Crippen molar-refractivity contribution in [3.63, 3.8) is 0 Å². The van der Waals surface area contributed by atoms with Gasteiger partial charge in [-0.1, -0.05) is 12.1 Å². The van der Waals surface area contributed by atoms with Gasteiger partial charge < -0.3 is 19.3 Å². The van der Waals surface area contributed by atoms with Crippen LogP contribution in [0, 0.1) is 5.82 Å². The Labute approximate surface area is 159 Å². The summed E-state index contributed by atoms with van der Waals surface area (Å²) in [6, 6.07) is 3.29. The van der Waals surface area contributed by atoms with Crippen LogP contribution in [-0.4, -0.2) is 49.5 Å². The molecule has 0 saturated carbocycles. The topological polar surface area (TPSA) is 72.6 Å². The molecule has 154 valence electrons. The Hall–Kier alpha value is -2.46. The van der Waals surface area contributed by atoms with Gasteiger partial charge in [-0.3, -0.25) is 0 Å². The van der Waals surface area contributed by atoms with Gasteiger partial charge in [-0.2, -0.15) is 5.10 Å². The van der Waals surface area contributed by atoms with Crippen molar-refractivity contribution in [2.75, 3.05) is 19.8 Å². The third kappa shape index (κ3) is 7.28. The average Bonchev–Trinajstić information content (AvgIpc) is 2.62. The molecule has 1 unspecified atom stereocenters. The lowest BCUT2D eigenvalue weighted by Gasteiger charge is -2.24. The molecule has 0 bridgehead atoms. The van der Waals surface area contributed by atoms with Crippen molar-refractivity contribution in [2.24, 2.45) is 10.2 Å². The van der Waals surface area contributed by atoms with Crippen molar-refractivity contribution < 1.29 is 36.9 Å². The SMILES string of the molecule is CC1=CCC(=NN=CCOCCO)OC1Cc1ccc(F)c(OC(F)(F)F)c1. The fourth-order valence-corrected chi connectivity index (χ4v) is 2.38. The van der Waals surface area contributed by atoms with Crippen LogP contribution in [0.5, 0.6) is 5.75 Å². The predicted octanol–water partition coefficient (Wildman–Crippen LogP) is 3.40. The summed E-state index contributed by atoms with van der Waals surface area (Å²) in [6.45, 7) is 2.12. The zero-order valence-corrected chi connectivity index (χ0v) is 15.1. The molecule has 1 aliphatic heterocycles. The van der Waals surface area contributed by atoms with Gasteiger partial charge in [0, 0.05) is 12.8 Å². The standard InChI is InChI=1S/C18H20F4N2O4/c1-12-2-5-17(24-23-6-8-26-9-7-25)27-15(12)10-13-3-4-14(19)16(11-13)28-18(20,21)22/h2-4,6,11,15,25H,5,7-10H2,1H3. The fraction of sp³-hybridized carbons (Fsp3) is 0.444. The number of hydrogen-bond donors (Lipinski definition) is 1. The number of nitrogens with zero attached hydrogens (tertiary/aromatic N) is 2. The highest BCUT2D eigenvalue weighted by Crippen LogP contribution is 2.28. The molecular formula is C18H20F4N2O4. The summed E-state index contributed by atoms with van der Waals surface area (Å²) >= 11 is 0. The number of halogens is 4. The second-order valence-electron chi connectivity index (χ2n) is 5.87. The van der Waals surface area contributed by atoms with Crippen LogP contribution in [0.1, 0.15) is 18.9 Å². The minimum atomic E-state index is -4.98. The van der Waals surface area contributed by atoms with Crippen LogP contribution in [0.2, 0.25) is 0 Å². The molecular weight excluding hydrogens is 384 g/mol. The summed E-state index contributed by atoms with van der Waals surface area (Å²) in [6.07, 6.45) is -1.54. The maximum Gasteiger partial charge on any atom is 0.573 e. The predicted molar refractivity (Wildman–Crippen MR) is 93.9 cm³/mol. The molecule has 1 N–H and O–H groups in total. The molecule has 0 saturated heterocycles. The Morgan fingerprint density at radius 1 is 1.36 bits per heavy atom. The van der Waals surface area contributed by atoms with Crippen molar-refractivity contribution >= 4 is 12.1 Å². The van der Waals surface area contributed by atoms with E-state index in [-0.39, 0.29) is 26.2 Å². The zero-order chi connectivity index (χ0) is 20.6. The van der Waals surface area contributed by atoms with Crippen LogP contribution in [0.4, 0.5) is 17.6 Å². The minimum Gasteiger partial charge on any atom is -0.471 e. The minimum absolute atomic E-state index is 0.0870. The van der Waals surface area contributed by atoms with Gasteiger partial charge in [-0.25, -0.2) is 4.39 Å². The van der Waals surface area contributed by atoms with Gasteiger partial charge in [0.05, 0.1) is 26.0 Å². The summed E-state index contributed by atoms with van der Waals surface area (Å²) < 4.78 is 65.1. The number of aliphatic hydroxyl groups is 1. The number of aliphatic hydroxyl groups excluding tert-OH is 1. The van der Waals surface area contributed by atoms with Crippen molar-refractivity contribution in [1.82, 2.24) is 0 Å². The van der Waals surface area contributed by atoms with Crippen LogP contribution >= 0.6 is 0 Å². The van der Waals surface area contributed by atoms with E-state index >= 15 is 0 Å². The highest BCUT2D eigenvalue weighted by Gasteiger charge is 2.32. The maximum atomic E-state index is 13.5. The highest BCUT2D eigenvalue weighted by atomic mass is 19.4. The van der Waals surface area contributed by atoms with Gasteiger partial charge in [0.25, 0.3) is 0 Å². The third-order valence-corrected chi connectivity index (χ3v) is 3.71. The Morgan fingerprint density at radius 2 is 2.14 bits per heavy atom. The first-order chi connectivity index (χ1) is 13.3. The van der Waals surface area contributed by atoms with Gasteiger partial charge in [0.15, 0.2) is 11.6 Å². The molecule has 1 aliphatic rings. The quantitative estimate of drug-likeness (QED) is 0.237. The molecule has 10 heteroatoms. The lowest BCUT2D eigenvalue weighted by atomic mass is 9.99. The number of alkyl halides is 3. The molecule has 28 heavy (non-hydrogen) atoms. The van der Waals surface area contributed by atoms with E-state index in [1.165, 1.54) is 12.3 Å². The molecule has 0 aromatic heterocycles. The Balaban J connectivity index is 2.02. The van der Waals surface area contributed by atoms with Crippen LogP contribution in [0.15, 0.2) is 40.1 Å². The van der Waals surface area contributed by atoms with E-state index in [9.17, 15) is 17.6 Å². The van der Waals surface area contributed by atoms with Crippen LogP contribution in [0.3, 0.4) is 0 Å². The molecule has 1 atom stereocenters. The Bertz CT molecular complexity index is 748. The zero-order valence-electron chi connectivity index (χ0n) is 15.1. The van der Waals surface area contributed by atoms with Gasteiger partial charge >= 0.3 is 6.36 Å². The first-order valence-corrected chi connectivity index (χ1v) is 8.43. The normalized spacial score (nSPS) is 19.0. The average molecular weight is 404 g/mol. The molecule has 0 radical (unpaired) electrons. The first kappa shape index (κ1) is 21.8. The lowest BCUT2D eigenvalue weighted by molar-refractivity contribution is -0.275. The van der Waals surface area contributed by atoms with E-state index in [2.05, 4.69) is 14.9 Å². The van der Waals surface area contributed by atoms with E-state index in [0.717, 1.165) is 17.7 Å². The van der Waals surface area contributed by atoms with E-state index in [4.69, 9.17) is 14.6 Å². The van der Waals surface area contributed by atoms with Crippen molar-refractivity contribution in [3.05, 3.63) is 41.2 Å². The van der Waals surface area contributed by atoms with Crippen molar-refractivity contribution in [1.29, 1.82) is 0 Å². The van der Waals surface area contributed by atoms with Gasteiger partial charge in [0.2, 0.25) is 5.90 Å². The molecule has 6 nitrogen and oxygen atoms in total. The maximum absolute atomic E-state index is 13.5. The van der Waals surface area contributed by atoms with Gasteiger partial charge in [0.1, 0.15) is 6.10 Å². The fourth-order valence-electron chi connectivity index (χ4n) is 2.38. The second-order valence-corrected chi connectivity index (χ2v) is 5.87. The highest BCUT2D eigenvalue weighted by molar-refractivity contribution is 5.79. The van der Waals surface area contributed by atoms with Crippen LogP contribution in [0.25, 0.3) is 0 Å². The van der Waals surface area contributed by atoms with E-state index in [1.54, 1.807) is 0 Å². The molecule has 1 aromatic rings. The molecule has 0 fully saturated rings. The van der Waals surface area contributed by atoms with Crippen LogP contribution < -0.4 is 4.74 Å². The second kappa shape index (κ2) is 10.2. The summed E-state index contributed by atoms with van der Waals surface area (Å²) in [7, 11) is 0.